The Hall–Kier alpha value is -2.55. The van der Waals surface area contributed by atoms with Crippen molar-refractivity contribution in [2.45, 2.75) is 19.4 Å². The lowest BCUT2D eigenvalue weighted by atomic mass is 9.72. The Bertz CT molecular complexity index is 1170. The Balaban J connectivity index is 1.10. The van der Waals surface area contributed by atoms with Crippen LogP contribution in [0.3, 0.4) is 0 Å². The highest BCUT2D eigenvalue weighted by Crippen LogP contribution is 2.41. The van der Waals surface area contributed by atoms with E-state index in [9.17, 15) is 4.79 Å². The Morgan fingerprint density at radius 3 is 2.56 bits per heavy atom. The Kier molecular flexibility index (Phi) is 6.55. The Labute approximate surface area is 212 Å². The summed E-state index contributed by atoms with van der Waals surface area (Å²) in [7, 11) is 1.83. The van der Waals surface area contributed by atoms with Crippen LogP contribution in [-0.4, -0.2) is 51.8 Å². The van der Waals surface area contributed by atoms with Crippen molar-refractivity contribution in [2.75, 3.05) is 31.5 Å². The maximum atomic E-state index is 12.6. The van der Waals surface area contributed by atoms with Crippen LogP contribution in [0.5, 0.6) is 11.5 Å². The van der Waals surface area contributed by atoms with E-state index in [4.69, 9.17) is 16.3 Å². The van der Waals surface area contributed by atoms with Gasteiger partial charge in [0.1, 0.15) is 11.5 Å². The highest BCUT2D eigenvalue weighted by molar-refractivity contribution is 9.10. The molecule has 1 aromatic heterocycles. The van der Waals surface area contributed by atoms with Gasteiger partial charge < -0.3 is 9.64 Å². The number of anilines is 1. The van der Waals surface area contributed by atoms with Crippen LogP contribution in [0, 0.1) is 5.41 Å². The number of halogens is 2. The van der Waals surface area contributed by atoms with Gasteiger partial charge in [-0.3, -0.25) is 14.9 Å². The third-order valence-electron chi connectivity index (χ3n) is 6.62. The first kappa shape index (κ1) is 23.2. The molecule has 1 N–H and O–H groups in total. The predicted molar refractivity (Wildman–Crippen MR) is 136 cm³/mol. The molecule has 34 heavy (non-hydrogen) atoms. The summed E-state index contributed by atoms with van der Waals surface area (Å²) < 4.78 is 8.44. The minimum atomic E-state index is -0.0787. The molecule has 0 saturated carbocycles. The molecule has 1 spiro atoms. The summed E-state index contributed by atoms with van der Waals surface area (Å²) in [6.07, 6.45) is 4.03. The lowest BCUT2D eigenvalue weighted by Gasteiger charge is -2.53. The smallest absolute Gasteiger partial charge is 0.323 e. The average Bonchev–Trinajstić information content (AvgIpc) is 3.11. The molecule has 2 aliphatic rings. The number of carbonyl (C=O) groups is 1. The van der Waals surface area contributed by atoms with Crippen molar-refractivity contribution < 1.29 is 9.53 Å². The lowest BCUT2D eigenvalue weighted by Crippen LogP contribution is -2.62. The number of benzene rings is 2. The van der Waals surface area contributed by atoms with Gasteiger partial charge in [-0.05, 0) is 83.8 Å². The number of nitrogens with one attached hydrogen (secondary N) is 1. The Morgan fingerprint density at radius 1 is 1.15 bits per heavy atom. The number of hydrogen-bond acceptors (Lipinski definition) is 4. The molecule has 0 atom stereocenters. The van der Waals surface area contributed by atoms with Gasteiger partial charge in [0, 0.05) is 43.3 Å². The molecule has 2 aromatic carbocycles. The fourth-order valence-electron chi connectivity index (χ4n) is 4.74. The summed E-state index contributed by atoms with van der Waals surface area (Å²) in [6, 6.07) is 15.6. The molecule has 0 aliphatic carbocycles. The number of amides is 2. The average molecular weight is 545 g/mol. The number of nitrogens with zero attached hydrogens (tertiary/aromatic N) is 4. The maximum absolute atomic E-state index is 12.6. The predicted octanol–water partition coefficient (Wildman–Crippen LogP) is 5.76. The van der Waals surface area contributed by atoms with E-state index in [0.717, 1.165) is 61.5 Å². The zero-order valence-corrected chi connectivity index (χ0v) is 21.3. The van der Waals surface area contributed by atoms with Crippen molar-refractivity contribution >= 4 is 39.4 Å². The lowest BCUT2D eigenvalue weighted by molar-refractivity contribution is -0.0200. The largest absolute Gasteiger partial charge is 0.457 e. The molecular formula is C25H27BrClN5O2. The van der Waals surface area contributed by atoms with Gasteiger partial charge in [-0.2, -0.15) is 5.10 Å². The van der Waals surface area contributed by atoms with Crippen LogP contribution in [0.15, 0.2) is 59.2 Å². The third-order valence-corrected chi connectivity index (χ3v) is 7.45. The number of aromatic nitrogens is 2. The molecule has 178 valence electrons. The molecule has 2 fully saturated rings. The van der Waals surface area contributed by atoms with Crippen LogP contribution in [-0.2, 0) is 13.6 Å². The molecule has 3 aromatic rings. The molecule has 2 amide bonds. The minimum absolute atomic E-state index is 0.0787. The maximum Gasteiger partial charge on any atom is 0.323 e. The normalized spacial score (nSPS) is 17.4. The van der Waals surface area contributed by atoms with Gasteiger partial charge in [0.15, 0.2) is 5.82 Å². The molecule has 0 bridgehead atoms. The van der Waals surface area contributed by atoms with Crippen molar-refractivity contribution in [1.29, 1.82) is 0 Å². The van der Waals surface area contributed by atoms with E-state index in [0.29, 0.717) is 10.8 Å². The minimum Gasteiger partial charge on any atom is -0.457 e. The van der Waals surface area contributed by atoms with Gasteiger partial charge in [0.2, 0.25) is 0 Å². The fraction of sp³-hybridized carbons (Fsp3) is 0.360. The molecule has 5 rings (SSSR count). The first-order valence-corrected chi connectivity index (χ1v) is 12.5. The SMILES string of the molecule is Cn1cc(Br)c(NC(=O)N2CC3(CCN(Cc4cccc(Oc5ccc(Cl)cc5)c4)CC3)C2)n1. The zero-order chi connectivity index (χ0) is 23.7. The molecule has 2 saturated heterocycles. The van der Waals surface area contributed by atoms with Crippen molar-refractivity contribution in [3.63, 3.8) is 0 Å². The fourth-order valence-corrected chi connectivity index (χ4v) is 5.34. The summed E-state index contributed by atoms with van der Waals surface area (Å²) in [5.41, 5.74) is 1.48. The van der Waals surface area contributed by atoms with E-state index in [-0.39, 0.29) is 11.4 Å². The standard InChI is InChI=1S/C25H27BrClN5O2/c1-30-15-22(26)23(29-30)28-24(33)32-16-25(17-32)9-11-31(12-10-25)14-18-3-2-4-21(13-18)34-20-7-5-19(27)6-8-20/h2-8,13,15H,9-12,14,16-17H2,1H3,(H,28,29,33). The van der Waals surface area contributed by atoms with E-state index < -0.39 is 0 Å². The van der Waals surface area contributed by atoms with Crippen molar-refractivity contribution in [2.24, 2.45) is 12.5 Å². The van der Waals surface area contributed by atoms with Gasteiger partial charge in [0.05, 0.1) is 4.47 Å². The molecule has 0 radical (unpaired) electrons. The molecular weight excluding hydrogens is 518 g/mol. The van der Waals surface area contributed by atoms with E-state index in [1.807, 2.05) is 54.5 Å². The summed E-state index contributed by atoms with van der Waals surface area (Å²) in [5, 5.41) is 7.86. The van der Waals surface area contributed by atoms with Gasteiger partial charge >= 0.3 is 6.03 Å². The van der Waals surface area contributed by atoms with E-state index in [2.05, 4.69) is 43.4 Å². The van der Waals surface area contributed by atoms with Crippen LogP contribution < -0.4 is 10.1 Å². The summed E-state index contributed by atoms with van der Waals surface area (Å²) in [4.78, 5) is 17.0. The number of rotatable bonds is 5. The van der Waals surface area contributed by atoms with E-state index in [1.165, 1.54) is 5.56 Å². The monoisotopic (exact) mass is 543 g/mol. The van der Waals surface area contributed by atoms with Gasteiger partial charge in [0.25, 0.3) is 0 Å². The summed E-state index contributed by atoms with van der Waals surface area (Å²) in [5.74, 6) is 2.16. The van der Waals surface area contributed by atoms with Crippen LogP contribution in [0.25, 0.3) is 0 Å². The summed E-state index contributed by atoms with van der Waals surface area (Å²) >= 11 is 9.38. The van der Waals surface area contributed by atoms with Crippen molar-refractivity contribution in [1.82, 2.24) is 19.6 Å². The highest BCUT2D eigenvalue weighted by Gasteiger charge is 2.46. The van der Waals surface area contributed by atoms with Gasteiger partial charge in [-0.15, -0.1) is 0 Å². The molecule has 9 heteroatoms. The van der Waals surface area contributed by atoms with Gasteiger partial charge in [-0.25, -0.2) is 4.79 Å². The number of hydrogen-bond donors (Lipinski definition) is 1. The van der Waals surface area contributed by atoms with Crippen LogP contribution >= 0.6 is 27.5 Å². The topological polar surface area (TPSA) is 62.6 Å². The number of aryl methyl sites for hydroxylation is 1. The number of likely N-dealkylation sites (tertiary alicyclic amines) is 2. The number of carbonyl (C=O) groups excluding carboxylic acids is 1. The molecule has 2 aliphatic heterocycles. The Morgan fingerprint density at radius 2 is 1.88 bits per heavy atom. The first-order chi connectivity index (χ1) is 16.4. The van der Waals surface area contributed by atoms with Crippen molar-refractivity contribution in [3.05, 3.63) is 69.8 Å². The zero-order valence-electron chi connectivity index (χ0n) is 19.0. The molecule has 3 heterocycles. The second kappa shape index (κ2) is 9.60. The van der Waals surface area contributed by atoms with Gasteiger partial charge in [-0.1, -0.05) is 23.7 Å². The van der Waals surface area contributed by atoms with E-state index >= 15 is 0 Å². The quantitative estimate of drug-likeness (QED) is 0.444. The second-order valence-corrected chi connectivity index (χ2v) is 10.6. The highest BCUT2D eigenvalue weighted by atomic mass is 79.9. The van der Waals surface area contributed by atoms with Crippen molar-refractivity contribution in [3.8, 4) is 11.5 Å². The van der Waals surface area contributed by atoms with Crippen LogP contribution in [0.2, 0.25) is 5.02 Å². The first-order valence-electron chi connectivity index (χ1n) is 11.4. The van der Waals surface area contributed by atoms with E-state index in [1.54, 1.807) is 4.68 Å². The number of ether oxygens (including phenoxy) is 1. The molecule has 0 unspecified atom stereocenters. The summed E-state index contributed by atoms with van der Waals surface area (Å²) in [6.45, 7) is 4.57. The third kappa shape index (κ3) is 5.24. The number of urea groups is 1. The number of piperidine rings is 1. The molecule has 7 nitrogen and oxygen atoms in total. The van der Waals surface area contributed by atoms with Crippen LogP contribution in [0.1, 0.15) is 18.4 Å². The second-order valence-electron chi connectivity index (χ2n) is 9.27. The van der Waals surface area contributed by atoms with Crippen LogP contribution in [0.4, 0.5) is 10.6 Å².